The Morgan fingerprint density at radius 1 is 1.21 bits per heavy atom. The molecule has 0 spiro atoms. The van der Waals surface area contributed by atoms with Crippen LogP contribution in [0.25, 0.3) is 0 Å². The average molecular weight is 255 g/mol. The second-order valence-corrected chi connectivity index (χ2v) is 5.59. The lowest BCUT2D eigenvalue weighted by Gasteiger charge is -2.18. The molecule has 1 saturated heterocycles. The fraction of sp³-hybridized carbons (Fsp3) is 0.438. The minimum Gasteiger partial charge on any atom is -0.309 e. The van der Waals surface area contributed by atoms with E-state index >= 15 is 0 Å². The molecule has 19 heavy (non-hydrogen) atoms. The van der Waals surface area contributed by atoms with Crippen LogP contribution in [-0.4, -0.2) is 16.3 Å². The molecule has 1 fully saturated rings. The van der Waals surface area contributed by atoms with E-state index in [2.05, 4.69) is 65.5 Å². The topological polar surface area (TPSA) is 29.9 Å². The molecular formula is C16H21N3. The monoisotopic (exact) mass is 255 g/mol. The molecule has 0 amide bonds. The largest absolute Gasteiger partial charge is 0.309 e. The van der Waals surface area contributed by atoms with E-state index in [-0.39, 0.29) is 0 Å². The number of rotatable bonds is 3. The van der Waals surface area contributed by atoms with E-state index in [1.807, 2.05) is 6.20 Å². The van der Waals surface area contributed by atoms with Crippen molar-refractivity contribution in [2.75, 3.05) is 6.54 Å². The number of hydrogen-bond acceptors (Lipinski definition) is 2. The van der Waals surface area contributed by atoms with Crippen LogP contribution in [0.15, 0.2) is 42.7 Å². The van der Waals surface area contributed by atoms with Gasteiger partial charge >= 0.3 is 0 Å². The van der Waals surface area contributed by atoms with Gasteiger partial charge in [0.05, 0.1) is 6.20 Å². The molecular weight excluding hydrogens is 234 g/mol. The Morgan fingerprint density at radius 2 is 2.00 bits per heavy atom. The van der Waals surface area contributed by atoms with Gasteiger partial charge in [-0.1, -0.05) is 30.3 Å². The van der Waals surface area contributed by atoms with E-state index in [0.29, 0.717) is 18.0 Å². The fourth-order valence-electron chi connectivity index (χ4n) is 2.90. The van der Waals surface area contributed by atoms with Crippen LogP contribution in [0.4, 0.5) is 0 Å². The van der Waals surface area contributed by atoms with Crippen LogP contribution in [0, 0.1) is 0 Å². The van der Waals surface area contributed by atoms with Gasteiger partial charge in [0.1, 0.15) is 0 Å². The molecule has 0 saturated carbocycles. The first-order valence-electron chi connectivity index (χ1n) is 7.08. The van der Waals surface area contributed by atoms with Gasteiger partial charge in [-0.3, -0.25) is 4.68 Å². The molecule has 1 N–H and O–H groups in total. The van der Waals surface area contributed by atoms with Gasteiger partial charge in [0.15, 0.2) is 0 Å². The quantitative estimate of drug-likeness (QED) is 0.912. The smallest absolute Gasteiger partial charge is 0.0525 e. The molecule has 0 aliphatic carbocycles. The van der Waals surface area contributed by atoms with Crippen LogP contribution < -0.4 is 5.32 Å². The Bertz CT molecular complexity index is 530. The van der Waals surface area contributed by atoms with E-state index in [1.165, 1.54) is 17.5 Å². The second kappa shape index (κ2) is 5.17. The Morgan fingerprint density at radius 3 is 2.68 bits per heavy atom. The summed E-state index contributed by atoms with van der Waals surface area (Å²) in [6.07, 6.45) is 5.43. The summed E-state index contributed by atoms with van der Waals surface area (Å²) in [7, 11) is 0. The molecule has 3 rings (SSSR count). The maximum absolute atomic E-state index is 4.48. The number of nitrogens with one attached hydrogen (secondary N) is 1. The summed E-state index contributed by atoms with van der Waals surface area (Å²) >= 11 is 0. The Kier molecular flexibility index (Phi) is 3.38. The molecule has 1 aromatic heterocycles. The predicted molar refractivity (Wildman–Crippen MR) is 77.2 cm³/mol. The van der Waals surface area contributed by atoms with E-state index in [0.717, 1.165) is 6.54 Å². The lowest BCUT2D eigenvalue weighted by atomic mass is 9.90. The van der Waals surface area contributed by atoms with Gasteiger partial charge in [0.2, 0.25) is 0 Å². The molecule has 0 radical (unpaired) electrons. The summed E-state index contributed by atoms with van der Waals surface area (Å²) in [5.74, 6) is 0.537. The van der Waals surface area contributed by atoms with Gasteiger partial charge in [-0.05, 0) is 37.9 Å². The Labute approximate surface area is 114 Å². The molecule has 1 aromatic carbocycles. The SMILES string of the molecule is CC(C)n1cc(C2CCNC2c2ccccc2)cn1. The van der Waals surface area contributed by atoms with Crippen molar-refractivity contribution < 1.29 is 0 Å². The zero-order valence-corrected chi connectivity index (χ0v) is 11.6. The highest BCUT2D eigenvalue weighted by molar-refractivity contribution is 5.27. The third kappa shape index (κ3) is 2.43. The van der Waals surface area contributed by atoms with Crippen LogP contribution in [-0.2, 0) is 0 Å². The first-order chi connectivity index (χ1) is 9.25. The standard InChI is InChI=1S/C16H21N3/c1-12(2)19-11-14(10-18-19)15-8-9-17-16(15)13-6-4-3-5-7-13/h3-7,10-12,15-17H,8-9H2,1-2H3. The van der Waals surface area contributed by atoms with Crippen LogP contribution in [0.3, 0.4) is 0 Å². The van der Waals surface area contributed by atoms with Crippen molar-refractivity contribution in [3.05, 3.63) is 53.9 Å². The lowest BCUT2D eigenvalue weighted by Crippen LogP contribution is -2.16. The first kappa shape index (κ1) is 12.4. The van der Waals surface area contributed by atoms with E-state index in [9.17, 15) is 0 Å². The highest BCUT2D eigenvalue weighted by Gasteiger charge is 2.30. The third-order valence-electron chi connectivity index (χ3n) is 3.96. The third-order valence-corrected chi connectivity index (χ3v) is 3.96. The second-order valence-electron chi connectivity index (χ2n) is 5.59. The summed E-state index contributed by atoms with van der Waals surface area (Å²) in [6, 6.07) is 11.6. The van der Waals surface area contributed by atoms with Crippen molar-refractivity contribution in [3.8, 4) is 0 Å². The Hall–Kier alpha value is -1.61. The van der Waals surface area contributed by atoms with Gasteiger partial charge < -0.3 is 5.32 Å². The molecule has 2 unspecified atom stereocenters. The molecule has 100 valence electrons. The molecule has 0 bridgehead atoms. The van der Waals surface area contributed by atoms with Gasteiger partial charge in [0, 0.05) is 24.2 Å². The number of nitrogens with zero attached hydrogens (tertiary/aromatic N) is 2. The van der Waals surface area contributed by atoms with Crippen molar-refractivity contribution in [2.24, 2.45) is 0 Å². The summed E-state index contributed by atoms with van der Waals surface area (Å²) in [5, 5.41) is 8.10. The average Bonchev–Trinajstić information content (AvgIpc) is 3.08. The molecule has 2 aromatic rings. The predicted octanol–water partition coefficient (Wildman–Crippen LogP) is 3.28. The van der Waals surface area contributed by atoms with Gasteiger partial charge in [0.25, 0.3) is 0 Å². The molecule has 1 aliphatic heterocycles. The normalized spacial score (nSPS) is 23.1. The Balaban J connectivity index is 1.86. The number of aromatic nitrogens is 2. The van der Waals surface area contributed by atoms with E-state index in [1.54, 1.807) is 0 Å². The first-order valence-corrected chi connectivity index (χ1v) is 7.08. The maximum Gasteiger partial charge on any atom is 0.0525 e. The number of benzene rings is 1. The van der Waals surface area contributed by atoms with E-state index < -0.39 is 0 Å². The van der Waals surface area contributed by atoms with Gasteiger partial charge in [-0.15, -0.1) is 0 Å². The van der Waals surface area contributed by atoms with Crippen LogP contribution in [0.2, 0.25) is 0 Å². The summed E-state index contributed by atoms with van der Waals surface area (Å²) in [6.45, 7) is 5.41. The maximum atomic E-state index is 4.48. The highest BCUT2D eigenvalue weighted by Crippen LogP contribution is 2.37. The van der Waals surface area contributed by atoms with Gasteiger partial charge in [-0.2, -0.15) is 5.10 Å². The molecule has 2 heterocycles. The molecule has 3 heteroatoms. The van der Waals surface area contributed by atoms with Crippen LogP contribution >= 0.6 is 0 Å². The molecule has 3 nitrogen and oxygen atoms in total. The van der Waals surface area contributed by atoms with E-state index in [4.69, 9.17) is 0 Å². The highest BCUT2D eigenvalue weighted by atomic mass is 15.3. The number of hydrogen-bond donors (Lipinski definition) is 1. The zero-order chi connectivity index (χ0) is 13.2. The van der Waals surface area contributed by atoms with Crippen LogP contribution in [0.5, 0.6) is 0 Å². The lowest BCUT2D eigenvalue weighted by molar-refractivity contribution is 0.529. The van der Waals surface area contributed by atoms with Crippen molar-refractivity contribution >= 4 is 0 Å². The van der Waals surface area contributed by atoms with Crippen LogP contribution in [0.1, 0.15) is 49.4 Å². The minimum atomic E-state index is 0.422. The van der Waals surface area contributed by atoms with Crippen molar-refractivity contribution in [1.29, 1.82) is 0 Å². The van der Waals surface area contributed by atoms with Crippen molar-refractivity contribution in [2.45, 2.75) is 38.3 Å². The summed E-state index contributed by atoms with van der Waals surface area (Å²) in [5.41, 5.74) is 2.73. The summed E-state index contributed by atoms with van der Waals surface area (Å²) < 4.78 is 2.05. The van der Waals surface area contributed by atoms with Crippen molar-refractivity contribution in [1.82, 2.24) is 15.1 Å². The fourth-order valence-corrected chi connectivity index (χ4v) is 2.90. The zero-order valence-electron chi connectivity index (χ0n) is 11.6. The van der Waals surface area contributed by atoms with Crippen molar-refractivity contribution in [3.63, 3.8) is 0 Å². The van der Waals surface area contributed by atoms with Gasteiger partial charge in [-0.25, -0.2) is 0 Å². The molecule has 2 atom stereocenters. The minimum absolute atomic E-state index is 0.422. The molecule has 1 aliphatic rings. The summed E-state index contributed by atoms with van der Waals surface area (Å²) in [4.78, 5) is 0.